The van der Waals surface area contributed by atoms with Gasteiger partial charge in [0.15, 0.2) is 0 Å². The van der Waals surface area contributed by atoms with Gasteiger partial charge in [-0.3, -0.25) is 4.79 Å². The van der Waals surface area contributed by atoms with Gasteiger partial charge in [0.05, 0.1) is 15.6 Å². The Labute approximate surface area is 178 Å². The van der Waals surface area contributed by atoms with Gasteiger partial charge >= 0.3 is 5.97 Å². The third kappa shape index (κ3) is 5.97. The first-order valence-electron chi connectivity index (χ1n) is 8.63. The van der Waals surface area contributed by atoms with E-state index in [2.05, 4.69) is 5.32 Å². The van der Waals surface area contributed by atoms with Crippen molar-refractivity contribution in [3.63, 3.8) is 0 Å². The molecule has 0 fully saturated rings. The van der Waals surface area contributed by atoms with E-state index in [9.17, 15) is 19.3 Å². The molecule has 0 saturated carbocycles. The number of aromatic hydroxyl groups is 1. The molecule has 156 valence electrons. The van der Waals surface area contributed by atoms with E-state index >= 15 is 0 Å². The van der Waals surface area contributed by atoms with Crippen LogP contribution in [0.15, 0.2) is 36.4 Å². The maximum absolute atomic E-state index is 13.0. The predicted molar refractivity (Wildman–Crippen MR) is 114 cm³/mol. The molecule has 29 heavy (non-hydrogen) atoms. The lowest BCUT2D eigenvalue weighted by molar-refractivity contribution is -0.138. The average molecular weight is 459 g/mol. The number of phenols is 1. The number of aryl methyl sites for hydroxylation is 1. The van der Waals surface area contributed by atoms with E-state index in [0.717, 1.165) is 0 Å². The number of carbonyl (C=O) groups is 2. The largest absolute Gasteiger partial charge is 0.508 e. The van der Waals surface area contributed by atoms with Crippen LogP contribution in [0.2, 0.25) is 10.0 Å². The van der Waals surface area contributed by atoms with Crippen molar-refractivity contribution in [3.05, 3.63) is 57.6 Å². The van der Waals surface area contributed by atoms with Crippen LogP contribution < -0.4 is 16.4 Å². The van der Waals surface area contributed by atoms with Gasteiger partial charge in [-0.1, -0.05) is 35.3 Å². The molecule has 2 aromatic carbocycles. The van der Waals surface area contributed by atoms with E-state index in [-0.39, 0.29) is 27.9 Å². The fourth-order valence-corrected chi connectivity index (χ4v) is 5.15. The molecule has 0 heterocycles. The monoisotopic (exact) mass is 458 g/mol. The van der Waals surface area contributed by atoms with Crippen molar-refractivity contribution in [3.8, 4) is 5.75 Å². The molecule has 1 unspecified atom stereocenters. The van der Waals surface area contributed by atoms with E-state index in [1.807, 2.05) is 0 Å². The Bertz CT molecular complexity index is 960. The highest BCUT2D eigenvalue weighted by molar-refractivity contribution is 7.70. The number of carbonyl (C=O) groups excluding carboxylic acids is 1. The van der Waals surface area contributed by atoms with Gasteiger partial charge < -0.3 is 25.8 Å². The molecule has 1 amide bonds. The minimum Gasteiger partial charge on any atom is -0.508 e. The van der Waals surface area contributed by atoms with Crippen molar-refractivity contribution >= 4 is 47.5 Å². The van der Waals surface area contributed by atoms with Crippen LogP contribution in [0.3, 0.4) is 0 Å². The summed E-state index contributed by atoms with van der Waals surface area (Å²) in [6.45, 7) is 1.35. The van der Waals surface area contributed by atoms with Crippen molar-refractivity contribution in [2.24, 2.45) is 5.73 Å². The summed E-state index contributed by atoms with van der Waals surface area (Å²) < 4.78 is 13.0. The fraction of sp³-hybridized carbons (Fsp3) is 0.263. The normalized spacial score (nSPS) is 14.1. The van der Waals surface area contributed by atoms with Crippen LogP contribution >= 0.6 is 30.3 Å². The first kappa shape index (κ1) is 23.2. The number of carboxylic acid groups (broad SMARTS) is 1. The second kappa shape index (κ2) is 9.63. The first-order valence-corrected chi connectivity index (χ1v) is 11.7. The highest BCUT2D eigenvalue weighted by atomic mass is 35.5. The number of nitrogens with one attached hydrogen (secondary N) is 1. The van der Waals surface area contributed by atoms with Gasteiger partial charge in [0.1, 0.15) is 18.9 Å². The van der Waals surface area contributed by atoms with Crippen molar-refractivity contribution < 1.29 is 24.4 Å². The maximum atomic E-state index is 13.0. The number of halogens is 2. The van der Waals surface area contributed by atoms with Crippen LogP contribution in [0.1, 0.15) is 15.9 Å². The number of carboxylic acids is 1. The van der Waals surface area contributed by atoms with Crippen LogP contribution in [-0.2, 0) is 15.8 Å². The molecular formula is C19H21Cl2N2O5P. The van der Waals surface area contributed by atoms with Crippen LogP contribution in [0.5, 0.6) is 5.75 Å². The van der Waals surface area contributed by atoms with Crippen molar-refractivity contribution in [2.45, 2.75) is 12.5 Å². The minimum atomic E-state index is -2.74. The summed E-state index contributed by atoms with van der Waals surface area (Å²) in [5.41, 5.74) is 5.96. The molecule has 2 atom stereocenters. The summed E-state index contributed by atoms with van der Waals surface area (Å²) in [6, 6.07) is 8.11. The summed E-state index contributed by atoms with van der Waals surface area (Å²) >= 11 is 12.4. The molecule has 0 aliphatic carbocycles. The molecule has 0 saturated heterocycles. The lowest BCUT2D eigenvalue weighted by Gasteiger charge is -2.16. The highest BCUT2D eigenvalue weighted by Gasteiger charge is 2.24. The second-order valence-electron chi connectivity index (χ2n) is 6.63. The molecule has 0 aliphatic heterocycles. The van der Waals surface area contributed by atoms with Gasteiger partial charge in [-0.25, -0.2) is 4.79 Å². The smallest absolute Gasteiger partial charge is 0.327 e. The van der Waals surface area contributed by atoms with Gasteiger partial charge in [0.2, 0.25) is 0 Å². The molecule has 7 nitrogen and oxygen atoms in total. The molecule has 0 aromatic heterocycles. The molecule has 10 heteroatoms. The Balaban J connectivity index is 2.17. The summed E-state index contributed by atoms with van der Waals surface area (Å²) in [6.07, 6.45) is 0.689. The van der Waals surface area contributed by atoms with E-state index < -0.39 is 25.1 Å². The molecule has 0 bridgehead atoms. The van der Waals surface area contributed by atoms with Crippen LogP contribution in [0.25, 0.3) is 0 Å². The second-order valence-corrected chi connectivity index (χ2v) is 10.6. The van der Waals surface area contributed by atoms with E-state index in [4.69, 9.17) is 34.0 Å². The standard InChI is InChI=1S/C19H21Cl2N2O5P/c1-29(28,13-4-2-3-12(24)9-13)6-5-11-7-14(20)17(15(21)8-11)18(25)23-16(10-22)19(26)27/h2-4,7-9,16,24H,5-6,10,22H2,1H3,(H,23,25)(H,26,27)/t16-,29?/m0/s1. The van der Waals surface area contributed by atoms with Gasteiger partial charge in [-0.05, 0) is 42.9 Å². The zero-order valence-electron chi connectivity index (χ0n) is 15.6. The van der Waals surface area contributed by atoms with E-state index in [1.165, 1.54) is 24.3 Å². The summed E-state index contributed by atoms with van der Waals surface area (Å²) in [7, 11) is -2.74. The summed E-state index contributed by atoms with van der Waals surface area (Å²) in [4.78, 5) is 23.4. The quantitative estimate of drug-likeness (QED) is 0.450. The van der Waals surface area contributed by atoms with Gasteiger partial charge in [-0.15, -0.1) is 0 Å². The number of phenolic OH excluding ortho intramolecular Hbond substituents is 1. The molecule has 5 N–H and O–H groups in total. The SMILES string of the molecule is CP(=O)(CCc1cc(Cl)c(C(=O)N[C@@H](CN)C(=O)O)c(Cl)c1)c1cccc(O)c1. The van der Waals surface area contributed by atoms with Crippen molar-refractivity contribution in [1.29, 1.82) is 0 Å². The number of nitrogens with two attached hydrogens (primary N) is 1. The zero-order chi connectivity index (χ0) is 21.8. The Morgan fingerprint density at radius 2 is 1.83 bits per heavy atom. The number of hydrogen-bond acceptors (Lipinski definition) is 5. The Morgan fingerprint density at radius 1 is 1.21 bits per heavy atom. The Hall–Kier alpha value is -2.05. The summed E-state index contributed by atoms with van der Waals surface area (Å²) in [5.74, 6) is -1.97. The molecule has 0 spiro atoms. The van der Waals surface area contributed by atoms with E-state index in [1.54, 1.807) is 18.8 Å². The Morgan fingerprint density at radius 3 is 2.34 bits per heavy atom. The number of rotatable bonds is 8. The van der Waals surface area contributed by atoms with Gasteiger partial charge in [-0.2, -0.15) is 0 Å². The molecule has 2 aromatic rings. The van der Waals surface area contributed by atoms with Gasteiger partial charge in [0.25, 0.3) is 5.91 Å². The lowest BCUT2D eigenvalue weighted by Crippen LogP contribution is -2.45. The van der Waals surface area contributed by atoms with Crippen LogP contribution in [-0.4, -0.2) is 47.5 Å². The number of amides is 1. The third-order valence-corrected chi connectivity index (χ3v) is 7.41. The van der Waals surface area contributed by atoms with E-state index in [0.29, 0.717) is 23.5 Å². The fourth-order valence-electron chi connectivity index (χ4n) is 2.70. The van der Waals surface area contributed by atoms with Crippen LogP contribution in [0, 0.1) is 0 Å². The predicted octanol–water partition coefficient (Wildman–Crippen LogP) is 2.70. The number of benzene rings is 2. The Kier molecular flexibility index (Phi) is 7.72. The maximum Gasteiger partial charge on any atom is 0.327 e. The molecule has 0 radical (unpaired) electrons. The topological polar surface area (TPSA) is 130 Å². The van der Waals surface area contributed by atoms with Crippen LogP contribution in [0.4, 0.5) is 0 Å². The van der Waals surface area contributed by atoms with Gasteiger partial charge in [0, 0.05) is 18.0 Å². The molecular weight excluding hydrogens is 438 g/mol. The molecule has 0 aliphatic rings. The zero-order valence-corrected chi connectivity index (χ0v) is 18.0. The minimum absolute atomic E-state index is 0.0446. The summed E-state index contributed by atoms with van der Waals surface area (Å²) in [5, 5.41) is 21.5. The lowest BCUT2D eigenvalue weighted by atomic mass is 10.1. The number of hydrogen-bond donors (Lipinski definition) is 4. The molecule has 2 rings (SSSR count). The first-order chi connectivity index (χ1) is 13.5. The average Bonchev–Trinajstić information content (AvgIpc) is 2.63. The van der Waals surface area contributed by atoms with Crippen molar-refractivity contribution in [1.82, 2.24) is 5.32 Å². The third-order valence-electron chi connectivity index (χ3n) is 4.37. The van der Waals surface area contributed by atoms with Crippen molar-refractivity contribution in [2.75, 3.05) is 19.4 Å². The highest BCUT2D eigenvalue weighted by Crippen LogP contribution is 2.41. The number of aliphatic carboxylic acids is 1.